The topological polar surface area (TPSA) is 64.9 Å². The van der Waals surface area contributed by atoms with Gasteiger partial charge < -0.3 is 15.3 Å². The molecule has 2 aromatic rings. The lowest BCUT2D eigenvalue weighted by atomic mass is 10.1. The van der Waals surface area contributed by atoms with E-state index >= 15 is 0 Å². The summed E-state index contributed by atoms with van der Waals surface area (Å²) in [5.74, 6) is -1.42. The Hall–Kier alpha value is -1.77. The number of benzene rings is 2. The normalized spacial score (nSPS) is 11.0. The van der Waals surface area contributed by atoms with E-state index in [-0.39, 0.29) is 16.9 Å². The van der Waals surface area contributed by atoms with Crippen LogP contribution in [0, 0.1) is 5.82 Å². The summed E-state index contributed by atoms with van der Waals surface area (Å²) in [5, 5.41) is 12.4. The van der Waals surface area contributed by atoms with Gasteiger partial charge in [0.05, 0.1) is 28.3 Å². The number of aromatic carboxylic acids is 1. The van der Waals surface area contributed by atoms with Gasteiger partial charge in [0.1, 0.15) is 5.69 Å². The molecule has 0 saturated carbocycles. The number of thiol groups is 1. The van der Waals surface area contributed by atoms with Gasteiger partial charge in [0.25, 0.3) is 0 Å². The Morgan fingerprint density at radius 3 is 2.81 bits per heavy atom. The van der Waals surface area contributed by atoms with E-state index in [4.69, 9.17) is 11.6 Å². The number of carboxylic acids is 1. The molecule has 0 saturated heterocycles. The molecule has 5 nitrogen and oxygen atoms in total. The Balaban J connectivity index is 2.44. The van der Waals surface area contributed by atoms with Crippen LogP contribution >= 0.6 is 40.2 Å². The summed E-state index contributed by atoms with van der Waals surface area (Å²) in [5.41, 5.74) is -0.0290. The molecule has 2 aromatic carbocycles. The molecule has 138 valence electrons. The van der Waals surface area contributed by atoms with Crippen molar-refractivity contribution in [2.24, 2.45) is 4.99 Å². The molecule has 0 atom stereocenters. The van der Waals surface area contributed by atoms with Gasteiger partial charge in [0, 0.05) is 23.8 Å². The van der Waals surface area contributed by atoms with Crippen LogP contribution in [-0.4, -0.2) is 41.7 Å². The summed E-state index contributed by atoms with van der Waals surface area (Å²) in [6, 6.07) is 7.56. The number of halogens is 3. The first kappa shape index (κ1) is 20.5. The predicted molar refractivity (Wildman–Crippen MR) is 110 cm³/mol. The Bertz CT molecular complexity index is 851. The van der Waals surface area contributed by atoms with E-state index in [0.29, 0.717) is 23.0 Å². The number of anilines is 2. The maximum atomic E-state index is 14.9. The van der Waals surface area contributed by atoms with Crippen molar-refractivity contribution in [2.45, 2.75) is 0 Å². The second-order valence-corrected chi connectivity index (χ2v) is 7.09. The van der Waals surface area contributed by atoms with E-state index in [2.05, 4.69) is 38.9 Å². The van der Waals surface area contributed by atoms with Gasteiger partial charge in [-0.1, -0.05) is 27.5 Å². The number of nitrogens with one attached hydrogen (secondary N) is 1. The zero-order chi connectivity index (χ0) is 19.3. The first-order valence-corrected chi connectivity index (χ1v) is 9.27. The molecular formula is C17H16BrClFN3O2S. The number of nitrogens with zero attached hydrogens (tertiary/aromatic N) is 2. The molecule has 0 fully saturated rings. The fourth-order valence-corrected chi connectivity index (χ4v) is 3.10. The standard InChI is InChI=1S/C17H16BrClFN3O2S/c1-23(6-7-26)9-21-14-5-3-11(17(24)25)16(15(14)20)22-13-4-2-10(18)8-12(13)19/h2-5,8-9,22,26H,6-7H2,1H3,(H,24,25). The van der Waals surface area contributed by atoms with Gasteiger partial charge in [-0.3, -0.25) is 0 Å². The number of hydrogen-bond acceptors (Lipinski definition) is 4. The summed E-state index contributed by atoms with van der Waals surface area (Å²) in [6.07, 6.45) is 1.46. The van der Waals surface area contributed by atoms with Crippen LogP contribution in [0.15, 0.2) is 39.8 Å². The summed E-state index contributed by atoms with van der Waals surface area (Å²) in [4.78, 5) is 17.3. The van der Waals surface area contributed by atoms with E-state index in [1.165, 1.54) is 18.5 Å². The predicted octanol–water partition coefficient (Wildman–Crippen LogP) is 5.20. The molecule has 0 radical (unpaired) electrons. The second-order valence-electron chi connectivity index (χ2n) is 5.32. The van der Waals surface area contributed by atoms with Gasteiger partial charge in [-0.25, -0.2) is 14.2 Å². The van der Waals surface area contributed by atoms with Crippen LogP contribution in [0.3, 0.4) is 0 Å². The lowest BCUT2D eigenvalue weighted by molar-refractivity contribution is 0.0697. The summed E-state index contributed by atoms with van der Waals surface area (Å²) in [7, 11) is 1.78. The summed E-state index contributed by atoms with van der Waals surface area (Å²) in [6.45, 7) is 0.640. The molecular weight excluding hydrogens is 445 g/mol. The van der Waals surface area contributed by atoms with Crippen molar-refractivity contribution in [1.29, 1.82) is 0 Å². The Kier molecular flexibility index (Phi) is 7.31. The minimum Gasteiger partial charge on any atom is -0.478 e. The maximum Gasteiger partial charge on any atom is 0.337 e. The third-order valence-electron chi connectivity index (χ3n) is 3.39. The first-order chi connectivity index (χ1) is 12.3. The van der Waals surface area contributed by atoms with E-state index in [0.717, 1.165) is 4.47 Å². The van der Waals surface area contributed by atoms with E-state index in [1.54, 1.807) is 30.1 Å². The third-order valence-corrected chi connectivity index (χ3v) is 4.40. The SMILES string of the molecule is CN(C=Nc1ccc(C(=O)O)c(Nc2ccc(Br)cc2Cl)c1F)CCS. The third kappa shape index (κ3) is 5.12. The van der Waals surface area contributed by atoms with E-state index in [9.17, 15) is 14.3 Å². The van der Waals surface area contributed by atoms with Crippen LogP contribution in [0.25, 0.3) is 0 Å². The second kappa shape index (κ2) is 9.25. The van der Waals surface area contributed by atoms with Crippen molar-refractivity contribution < 1.29 is 14.3 Å². The molecule has 0 aliphatic rings. The van der Waals surface area contributed by atoms with Crippen molar-refractivity contribution >= 4 is 69.5 Å². The van der Waals surface area contributed by atoms with Gasteiger partial charge in [-0.2, -0.15) is 12.6 Å². The van der Waals surface area contributed by atoms with Crippen molar-refractivity contribution in [2.75, 3.05) is 24.7 Å². The molecule has 0 unspecified atom stereocenters. The van der Waals surface area contributed by atoms with Crippen LogP contribution in [0.2, 0.25) is 5.02 Å². The minimum atomic E-state index is -1.26. The quantitative estimate of drug-likeness (QED) is 0.302. The van der Waals surface area contributed by atoms with Crippen LogP contribution in [0.4, 0.5) is 21.5 Å². The lowest BCUT2D eigenvalue weighted by Crippen LogP contribution is -2.18. The molecule has 9 heteroatoms. The van der Waals surface area contributed by atoms with Crippen molar-refractivity contribution in [1.82, 2.24) is 4.90 Å². The van der Waals surface area contributed by atoms with Gasteiger partial charge >= 0.3 is 5.97 Å². The monoisotopic (exact) mass is 459 g/mol. The molecule has 0 amide bonds. The number of carbonyl (C=O) groups is 1. The Morgan fingerprint density at radius 1 is 1.46 bits per heavy atom. The number of rotatable bonds is 7. The fraction of sp³-hybridized carbons (Fsp3) is 0.176. The zero-order valence-electron chi connectivity index (χ0n) is 13.7. The fourth-order valence-electron chi connectivity index (χ4n) is 2.07. The Morgan fingerprint density at radius 2 is 2.19 bits per heavy atom. The summed E-state index contributed by atoms with van der Waals surface area (Å²) < 4.78 is 15.6. The highest BCUT2D eigenvalue weighted by Gasteiger charge is 2.19. The average molecular weight is 461 g/mol. The van der Waals surface area contributed by atoms with E-state index in [1.807, 2.05) is 0 Å². The molecule has 0 spiro atoms. The molecule has 0 aliphatic heterocycles. The van der Waals surface area contributed by atoms with Gasteiger partial charge in [-0.05, 0) is 30.3 Å². The molecule has 26 heavy (non-hydrogen) atoms. The first-order valence-electron chi connectivity index (χ1n) is 7.46. The van der Waals surface area contributed by atoms with Crippen molar-refractivity contribution in [3.63, 3.8) is 0 Å². The average Bonchev–Trinajstić information content (AvgIpc) is 2.57. The molecule has 2 rings (SSSR count). The van der Waals surface area contributed by atoms with Crippen molar-refractivity contribution in [3.05, 3.63) is 51.2 Å². The Labute approximate surface area is 169 Å². The van der Waals surface area contributed by atoms with Crippen LogP contribution in [0.1, 0.15) is 10.4 Å². The molecule has 0 heterocycles. The number of hydrogen-bond donors (Lipinski definition) is 3. The summed E-state index contributed by atoms with van der Waals surface area (Å²) >= 11 is 13.5. The number of carboxylic acid groups (broad SMARTS) is 1. The molecule has 2 N–H and O–H groups in total. The maximum absolute atomic E-state index is 14.9. The highest BCUT2D eigenvalue weighted by atomic mass is 79.9. The highest BCUT2D eigenvalue weighted by molar-refractivity contribution is 9.10. The van der Waals surface area contributed by atoms with Gasteiger partial charge in [0.2, 0.25) is 0 Å². The highest BCUT2D eigenvalue weighted by Crippen LogP contribution is 2.34. The van der Waals surface area contributed by atoms with Crippen LogP contribution < -0.4 is 5.32 Å². The van der Waals surface area contributed by atoms with Gasteiger partial charge in [-0.15, -0.1) is 0 Å². The smallest absolute Gasteiger partial charge is 0.337 e. The zero-order valence-corrected chi connectivity index (χ0v) is 16.9. The number of aliphatic imine (C=N–C) groups is 1. The molecule has 0 bridgehead atoms. The van der Waals surface area contributed by atoms with Crippen LogP contribution in [0.5, 0.6) is 0 Å². The van der Waals surface area contributed by atoms with Gasteiger partial charge in [0.15, 0.2) is 5.82 Å². The molecule has 0 aromatic heterocycles. The van der Waals surface area contributed by atoms with Crippen molar-refractivity contribution in [3.8, 4) is 0 Å². The molecule has 0 aliphatic carbocycles. The van der Waals surface area contributed by atoms with E-state index < -0.39 is 11.8 Å². The minimum absolute atomic E-state index is 0.0109. The largest absolute Gasteiger partial charge is 0.478 e. The van der Waals surface area contributed by atoms with Crippen LogP contribution in [-0.2, 0) is 0 Å². The lowest BCUT2D eigenvalue weighted by Gasteiger charge is -2.14.